The fourth-order valence-corrected chi connectivity index (χ4v) is 4.90. The first-order valence-electron chi connectivity index (χ1n) is 12.7. The quantitative estimate of drug-likeness (QED) is 0.223. The molecule has 0 fully saturated rings. The SMILES string of the molecule is Nc1ccccc1C(=O)Nc1cccc(-c2cccc(N3C(=O)c4ccccc4NC3c3ccccc3)c2)c1. The third kappa shape index (κ3) is 4.71. The lowest BCUT2D eigenvalue weighted by molar-refractivity contribution is 0.0973. The first-order chi connectivity index (χ1) is 19.1. The Hall–Kier alpha value is -5.36. The van der Waals surface area contributed by atoms with Crippen LogP contribution in [0.25, 0.3) is 11.1 Å². The van der Waals surface area contributed by atoms with Crippen molar-refractivity contribution in [1.82, 2.24) is 0 Å². The minimum Gasteiger partial charge on any atom is -0.398 e. The minimum atomic E-state index is -0.370. The number of carbonyl (C=O) groups excluding carboxylic acids is 2. The smallest absolute Gasteiger partial charge is 0.262 e. The number of rotatable bonds is 5. The van der Waals surface area contributed by atoms with Crippen LogP contribution in [0, 0.1) is 0 Å². The summed E-state index contributed by atoms with van der Waals surface area (Å²) in [7, 11) is 0. The first kappa shape index (κ1) is 24.0. The van der Waals surface area contributed by atoms with Gasteiger partial charge in [-0.25, -0.2) is 0 Å². The fraction of sp³-hybridized carbons (Fsp3) is 0.0303. The Morgan fingerprint density at radius 1 is 0.744 bits per heavy atom. The van der Waals surface area contributed by atoms with Gasteiger partial charge >= 0.3 is 0 Å². The van der Waals surface area contributed by atoms with Crippen molar-refractivity contribution in [3.63, 3.8) is 0 Å². The zero-order valence-corrected chi connectivity index (χ0v) is 21.0. The van der Waals surface area contributed by atoms with Crippen LogP contribution in [-0.4, -0.2) is 11.8 Å². The lowest BCUT2D eigenvalue weighted by Crippen LogP contribution is -2.43. The van der Waals surface area contributed by atoms with Crippen LogP contribution in [0.1, 0.15) is 32.4 Å². The van der Waals surface area contributed by atoms with Gasteiger partial charge in [0.1, 0.15) is 6.17 Å². The highest BCUT2D eigenvalue weighted by Crippen LogP contribution is 2.38. The molecule has 6 rings (SSSR count). The number of carbonyl (C=O) groups is 2. The van der Waals surface area contributed by atoms with Crippen molar-refractivity contribution >= 4 is 34.6 Å². The van der Waals surface area contributed by atoms with E-state index in [2.05, 4.69) is 10.6 Å². The van der Waals surface area contributed by atoms with Gasteiger partial charge in [0.25, 0.3) is 11.8 Å². The Bertz CT molecular complexity index is 1680. The number of benzene rings is 5. The summed E-state index contributed by atoms with van der Waals surface area (Å²) in [6, 6.07) is 40.0. The van der Waals surface area contributed by atoms with Gasteiger partial charge in [-0.05, 0) is 65.2 Å². The van der Waals surface area contributed by atoms with E-state index in [0.29, 0.717) is 22.5 Å². The van der Waals surface area contributed by atoms with E-state index in [1.807, 2.05) is 103 Å². The molecular weight excluding hydrogens is 484 g/mol. The van der Waals surface area contributed by atoms with Gasteiger partial charge in [-0.15, -0.1) is 0 Å². The molecular formula is C33H26N4O2. The number of nitrogens with two attached hydrogens (primary N) is 1. The standard InChI is InChI=1S/C33H26N4O2/c34-29-18-6-4-16-27(29)32(38)35-25-14-8-12-23(20-25)24-13-9-15-26(21-24)37-31(22-10-2-1-3-11-22)36-30-19-7-5-17-28(30)33(37)39/h1-21,31,36H,34H2,(H,35,38). The Kier molecular flexibility index (Phi) is 6.27. The molecule has 4 N–H and O–H groups in total. The van der Waals surface area contributed by atoms with E-state index in [1.165, 1.54) is 0 Å². The van der Waals surface area contributed by atoms with E-state index in [9.17, 15) is 9.59 Å². The molecule has 0 spiro atoms. The number of nitrogens with one attached hydrogen (secondary N) is 2. The lowest BCUT2D eigenvalue weighted by atomic mass is 10.0. The van der Waals surface area contributed by atoms with Gasteiger partial charge in [0.05, 0.1) is 11.1 Å². The van der Waals surface area contributed by atoms with E-state index in [0.717, 1.165) is 28.1 Å². The summed E-state index contributed by atoms with van der Waals surface area (Å²) in [6.07, 6.45) is -0.370. The Balaban J connectivity index is 1.35. The zero-order valence-electron chi connectivity index (χ0n) is 21.0. The first-order valence-corrected chi connectivity index (χ1v) is 12.7. The van der Waals surface area contributed by atoms with Crippen LogP contribution in [0.2, 0.25) is 0 Å². The van der Waals surface area contributed by atoms with Crippen LogP contribution in [0.5, 0.6) is 0 Å². The van der Waals surface area contributed by atoms with Gasteiger partial charge in [0, 0.05) is 22.7 Å². The van der Waals surface area contributed by atoms with Gasteiger partial charge in [-0.3, -0.25) is 14.5 Å². The third-order valence-electron chi connectivity index (χ3n) is 6.83. The maximum absolute atomic E-state index is 13.8. The molecule has 0 saturated heterocycles. The molecule has 0 aliphatic carbocycles. The number of nitrogens with zero attached hydrogens (tertiary/aromatic N) is 1. The topological polar surface area (TPSA) is 87.5 Å². The largest absolute Gasteiger partial charge is 0.398 e. The molecule has 1 atom stereocenters. The predicted octanol–water partition coefficient (Wildman–Crippen LogP) is 6.96. The van der Waals surface area contributed by atoms with E-state index in [4.69, 9.17) is 5.73 Å². The summed E-state index contributed by atoms with van der Waals surface area (Å²) in [5.74, 6) is -0.342. The molecule has 0 aromatic heterocycles. The van der Waals surface area contributed by atoms with Gasteiger partial charge in [0.15, 0.2) is 0 Å². The van der Waals surface area contributed by atoms with Crippen LogP contribution in [0.3, 0.4) is 0 Å². The Morgan fingerprint density at radius 2 is 1.44 bits per heavy atom. The molecule has 1 aliphatic rings. The van der Waals surface area contributed by atoms with Gasteiger partial charge in [-0.2, -0.15) is 0 Å². The predicted molar refractivity (Wildman–Crippen MR) is 157 cm³/mol. The highest BCUT2D eigenvalue weighted by atomic mass is 16.2. The number of fused-ring (bicyclic) bond motifs is 1. The number of hydrogen-bond acceptors (Lipinski definition) is 4. The molecule has 5 aromatic rings. The molecule has 0 radical (unpaired) electrons. The summed E-state index contributed by atoms with van der Waals surface area (Å²) < 4.78 is 0. The Labute approximate surface area is 226 Å². The summed E-state index contributed by atoms with van der Waals surface area (Å²) in [6.45, 7) is 0. The van der Waals surface area contributed by atoms with Crippen molar-refractivity contribution in [3.8, 4) is 11.1 Å². The molecule has 6 nitrogen and oxygen atoms in total. The van der Waals surface area contributed by atoms with Crippen molar-refractivity contribution in [2.24, 2.45) is 0 Å². The van der Waals surface area contributed by atoms with Crippen LogP contribution >= 0.6 is 0 Å². The summed E-state index contributed by atoms with van der Waals surface area (Å²) in [5.41, 5.74) is 12.5. The van der Waals surface area contributed by atoms with Crippen LogP contribution < -0.4 is 21.3 Å². The number of hydrogen-bond donors (Lipinski definition) is 3. The molecule has 39 heavy (non-hydrogen) atoms. The van der Waals surface area contributed by atoms with Gasteiger partial charge in [0.2, 0.25) is 0 Å². The zero-order chi connectivity index (χ0) is 26.8. The lowest BCUT2D eigenvalue weighted by Gasteiger charge is -2.38. The number of para-hydroxylation sites is 2. The van der Waals surface area contributed by atoms with Crippen LogP contribution in [-0.2, 0) is 0 Å². The van der Waals surface area contributed by atoms with Crippen molar-refractivity contribution < 1.29 is 9.59 Å². The average molecular weight is 511 g/mol. The van der Waals surface area contributed by atoms with E-state index >= 15 is 0 Å². The Morgan fingerprint density at radius 3 is 2.26 bits per heavy atom. The second kappa shape index (κ2) is 10.2. The van der Waals surface area contributed by atoms with E-state index in [-0.39, 0.29) is 18.0 Å². The van der Waals surface area contributed by atoms with Crippen molar-refractivity contribution in [2.45, 2.75) is 6.17 Å². The molecule has 1 aliphatic heterocycles. The van der Waals surface area contributed by atoms with E-state index in [1.54, 1.807) is 29.2 Å². The average Bonchev–Trinajstić information content (AvgIpc) is 2.98. The second-order valence-corrected chi connectivity index (χ2v) is 9.35. The molecule has 1 heterocycles. The van der Waals surface area contributed by atoms with E-state index < -0.39 is 0 Å². The molecule has 0 saturated carbocycles. The normalized spacial score (nSPS) is 14.3. The number of nitrogen functional groups attached to an aromatic ring is 1. The fourth-order valence-electron chi connectivity index (χ4n) is 4.90. The summed E-state index contributed by atoms with van der Waals surface area (Å²) in [4.78, 5) is 28.4. The maximum atomic E-state index is 13.8. The number of anilines is 4. The van der Waals surface area contributed by atoms with Crippen molar-refractivity contribution in [3.05, 3.63) is 144 Å². The van der Waals surface area contributed by atoms with Crippen molar-refractivity contribution in [2.75, 3.05) is 21.3 Å². The molecule has 190 valence electrons. The monoisotopic (exact) mass is 510 g/mol. The molecule has 6 heteroatoms. The molecule has 0 bridgehead atoms. The van der Waals surface area contributed by atoms with Crippen molar-refractivity contribution in [1.29, 1.82) is 0 Å². The maximum Gasteiger partial charge on any atom is 0.262 e. The highest BCUT2D eigenvalue weighted by Gasteiger charge is 2.34. The highest BCUT2D eigenvalue weighted by molar-refractivity contribution is 6.12. The molecule has 5 aromatic carbocycles. The summed E-state index contributed by atoms with van der Waals surface area (Å²) in [5, 5.41) is 6.49. The third-order valence-corrected chi connectivity index (χ3v) is 6.83. The second-order valence-electron chi connectivity index (χ2n) is 9.35. The van der Waals surface area contributed by atoms with Gasteiger partial charge < -0.3 is 16.4 Å². The van der Waals surface area contributed by atoms with Crippen LogP contribution in [0.4, 0.5) is 22.7 Å². The minimum absolute atomic E-state index is 0.0724. The molecule has 2 amide bonds. The van der Waals surface area contributed by atoms with Crippen LogP contribution in [0.15, 0.2) is 127 Å². The van der Waals surface area contributed by atoms with Gasteiger partial charge in [-0.1, -0.05) is 78.9 Å². The number of amides is 2. The molecule has 1 unspecified atom stereocenters. The summed E-state index contributed by atoms with van der Waals surface area (Å²) >= 11 is 0.